The molecule has 0 bridgehead atoms. The summed E-state index contributed by atoms with van der Waals surface area (Å²) < 4.78 is 33.4. The van der Waals surface area contributed by atoms with Gasteiger partial charge in [0.15, 0.2) is 0 Å². The number of nitrogens with one attached hydrogen (secondary N) is 2. The van der Waals surface area contributed by atoms with Crippen LogP contribution in [0.5, 0.6) is 5.75 Å². The summed E-state index contributed by atoms with van der Waals surface area (Å²) in [4.78, 5) is 13.5. The number of sulfonamides is 1. The first-order valence-corrected chi connectivity index (χ1v) is 12.7. The van der Waals surface area contributed by atoms with Crippen molar-refractivity contribution in [3.05, 3.63) is 68.5 Å². The first kappa shape index (κ1) is 22.5. The van der Waals surface area contributed by atoms with Crippen molar-refractivity contribution in [2.24, 2.45) is 0 Å². The van der Waals surface area contributed by atoms with E-state index in [1.165, 1.54) is 23.0 Å². The van der Waals surface area contributed by atoms with E-state index in [1.54, 1.807) is 5.38 Å². The Morgan fingerprint density at radius 2 is 1.83 bits per heavy atom. The van der Waals surface area contributed by atoms with Gasteiger partial charge in [-0.2, -0.15) is 0 Å². The standard InChI is InChI=1S/C21H24N2O4S3/c1-15(2)16-5-7-17(8-6-16)27-11-10-22-21(24)20-19(9-13-29-20)30(25,26)23-14-18-4-3-12-28-18/h3-9,12-13,15,23H,10-11,14H2,1-2H3,(H,22,24). The molecule has 2 aromatic heterocycles. The van der Waals surface area contributed by atoms with Gasteiger partial charge in [0.25, 0.3) is 5.91 Å². The van der Waals surface area contributed by atoms with Crippen LogP contribution >= 0.6 is 22.7 Å². The van der Waals surface area contributed by atoms with Gasteiger partial charge in [-0.1, -0.05) is 32.0 Å². The molecule has 0 radical (unpaired) electrons. The van der Waals surface area contributed by atoms with Crippen molar-refractivity contribution in [2.45, 2.75) is 31.2 Å². The minimum absolute atomic E-state index is 0.00764. The fourth-order valence-corrected chi connectivity index (χ4v) is 5.78. The van der Waals surface area contributed by atoms with Crippen LogP contribution in [-0.4, -0.2) is 27.5 Å². The van der Waals surface area contributed by atoms with E-state index in [-0.39, 0.29) is 29.5 Å². The van der Waals surface area contributed by atoms with Crippen molar-refractivity contribution in [3.8, 4) is 5.75 Å². The van der Waals surface area contributed by atoms with Crippen molar-refractivity contribution >= 4 is 38.6 Å². The number of hydrogen-bond donors (Lipinski definition) is 2. The van der Waals surface area contributed by atoms with Gasteiger partial charge in [-0.3, -0.25) is 4.79 Å². The van der Waals surface area contributed by atoms with Crippen molar-refractivity contribution in [3.63, 3.8) is 0 Å². The van der Waals surface area contributed by atoms with Crippen LogP contribution in [0, 0.1) is 0 Å². The smallest absolute Gasteiger partial charge is 0.262 e. The molecule has 0 fully saturated rings. The minimum Gasteiger partial charge on any atom is -0.492 e. The second kappa shape index (κ2) is 10.2. The van der Waals surface area contributed by atoms with Gasteiger partial charge in [0, 0.05) is 11.4 Å². The molecule has 2 N–H and O–H groups in total. The fraction of sp³-hybridized carbons (Fsp3) is 0.286. The molecule has 0 aliphatic rings. The molecule has 0 saturated carbocycles. The molecule has 3 rings (SSSR count). The maximum Gasteiger partial charge on any atom is 0.262 e. The molecule has 0 spiro atoms. The Labute approximate surface area is 185 Å². The quantitative estimate of drug-likeness (QED) is 0.440. The highest BCUT2D eigenvalue weighted by atomic mass is 32.2. The van der Waals surface area contributed by atoms with Crippen LogP contribution in [0.2, 0.25) is 0 Å². The number of hydrogen-bond acceptors (Lipinski definition) is 6. The zero-order chi connectivity index (χ0) is 21.6. The molecule has 1 amide bonds. The van der Waals surface area contributed by atoms with Crippen molar-refractivity contribution in [2.75, 3.05) is 13.2 Å². The van der Waals surface area contributed by atoms with Crippen LogP contribution in [-0.2, 0) is 16.6 Å². The average molecular weight is 465 g/mol. The summed E-state index contributed by atoms with van der Waals surface area (Å²) in [5.74, 6) is 0.750. The highest BCUT2D eigenvalue weighted by Gasteiger charge is 2.23. The zero-order valence-electron chi connectivity index (χ0n) is 16.8. The molecule has 0 unspecified atom stereocenters. The largest absolute Gasteiger partial charge is 0.492 e. The van der Waals surface area contributed by atoms with E-state index in [9.17, 15) is 13.2 Å². The predicted molar refractivity (Wildman–Crippen MR) is 121 cm³/mol. The Hall–Kier alpha value is -2.20. The Morgan fingerprint density at radius 1 is 1.07 bits per heavy atom. The number of rotatable bonds is 10. The molecule has 9 heteroatoms. The van der Waals surface area contributed by atoms with Gasteiger partial charge in [0.2, 0.25) is 10.0 Å². The van der Waals surface area contributed by atoms with Crippen LogP contribution < -0.4 is 14.8 Å². The van der Waals surface area contributed by atoms with Gasteiger partial charge >= 0.3 is 0 Å². The molecule has 160 valence electrons. The minimum atomic E-state index is -3.78. The van der Waals surface area contributed by atoms with Crippen molar-refractivity contribution in [1.82, 2.24) is 10.0 Å². The molecule has 0 atom stereocenters. The van der Waals surface area contributed by atoms with E-state index < -0.39 is 15.9 Å². The van der Waals surface area contributed by atoms with Crippen LogP contribution in [0.4, 0.5) is 0 Å². The molecule has 30 heavy (non-hydrogen) atoms. The van der Waals surface area contributed by atoms with E-state index in [2.05, 4.69) is 23.9 Å². The summed E-state index contributed by atoms with van der Waals surface area (Å²) in [5, 5.41) is 6.20. The molecule has 3 aromatic rings. The van der Waals surface area contributed by atoms with E-state index in [4.69, 9.17) is 4.74 Å². The molecule has 0 saturated heterocycles. The van der Waals surface area contributed by atoms with Gasteiger partial charge < -0.3 is 10.1 Å². The van der Waals surface area contributed by atoms with Crippen LogP contribution in [0.15, 0.2) is 58.1 Å². The third-order valence-electron chi connectivity index (χ3n) is 4.34. The normalized spacial score (nSPS) is 11.6. The van der Waals surface area contributed by atoms with E-state index >= 15 is 0 Å². The SMILES string of the molecule is CC(C)c1ccc(OCCNC(=O)c2sccc2S(=O)(=O)NCc2cccs2)cc1. The first-order valence-electron chi connectivity index (χ1n) is 9.47. The maximum atomic E-state index is 12.6. The third kappa shape index (κ3) is 5.91. The van der Waals surface area contributed by atoms with Crippen molar-refractivity contribution in [1.29, 1.82) is 0 Å². The van der Waals surface area contributed by atoms with Gasteiger partial charge in [-0.05, 0) is 46.5 Å². The lowest BCUT2D eigenvalue weighted by Crippen LogP contribution is -2.30. The monoisotopic (exact) mass is 464 g/mol. The van der Waals surface area contributed by atoms with Crippen LogP contribution in [0.3, 0.4) is 0 Å². The summed E-state index contributed by atoms with van der Waals surface area (Å²) in [6.07, 6.45) is 0. The van der Waals surface area contributed by atoms with Gasteiger partial charge in [0.1, 0.15) is 22.1 Å². The van der Waals surface area contributed by atoms with Gasteiger partial charge in [-0.15, -0.1) is 22.7 Å². The summed E-state index contributed by atoms with van der Waals surface area (Å²) >= 11 is 2.56. The molecular formula is C21H24N2O4S3. The van der Waals surface area contributed by atoms with Crippen molar-refractivity contribution < 1.29 is 17.9 Å². The van der Waals surface area contributed by atoms with Crippen LogP contribution in [0.1, 0.15) is 39.9 Å². The second-order valence-electron chi connectivity index (χ2n) is 6.85. The summed E-state index contributed by atoms with van der Waals surface area (Å²) in [6, 6.07) is 13.0. The summed E-state index contributed by atoms with van der Waals surface area (Å²) in [5.41, 5.74) is 1.23. The highest BCUT2D eigenvalue weighted by molar-refractivity contribution is 7.89. The molecular weight excluding hydrogens is 440 g/mol. The molecule has 0 aliphatic heterocycles. The Morgan fingerprint density at radius 3 is 2.50 bits per heavy atom. The summed E-state index contributed by atoms with van der Waals surface area (Å²) in [6.45, 7) is 5.01. The summed E-state index contributed by atoms with van der Waals surface area (Å²) in [7, 11) is -3.78. The Bertz CT molecular complexity index is 1060. The molecule has 1 aromatic carbocycles. The Kier molecular flexibility index (Phi) is 7.65. The number of carbonyl (C=O) groups excluding carboxylic acids is 1. The topological polar surface area (TPSA) is 84.5 Å². The number of thiophene rings is 2. The lowest BCUT2D eigenvalue weighted by atomic mass is 10.0. The average Bonchev–Trinajstić information content (AvgIpc) is 3.42. The number of amides is 1. The lowest BCUT2D eigenvalue weighted by molar-refractivity contribution is 0.0948. The maximum absolute atomic E-state index is 12.6. The molecule has 6 nitrogen and oxygen atoms in total. The zero-order valence-corrected chi connectivity index (χ0v) is 19.2. The third-order valence-corrected chi connectivity index (χ3v) is 7.71. The molecule has 0 aliphatic carbocycles. The number of benzene rings is 1. The van der Waals surface area contributed by atoms with Gasteiger partial charge in [-0.25, -0.2) is 13.1 Å². The predicted octanol–water partition coefficient (Wildman–Crippen LogP) is 4.22. The lowest BCUT2D eigenvalue weighted by Gasteiger charge is -2.10. The fourth-order valence-electron chi connectivity index (χ4n) is 2.69. The van der Waals surface area contributed by atoms with Crippen LogP contribution in [0.25, 0.3) is 0 Å². The van der Waals surface area contributed by atoms with Gasteiger partial charge in [0.05, 0.1) is 6.54 Å². The first-order chi connectivity index (χ1) is 14.4. The number of ether oxygens (including phenoxy) is 1. The van der Waals surface area contributed by atoms with E-state index in [0.29, 0.717) is 5.92 Å². The second-order valence-corrected chi connectivity index (χ2v) is 10.5. The molecule has 2 heterocycles. The van der Waals surface area contributed by atoms with E-state index in [1.807, 2.05) is 41.8 Å². The van der Waals surface area contributed by atoms with E-state index in [0.717, 1.165) is 22.0 Å². The number of carbonyl (C=O) groups is 1. The Balaban J connectivity index is 1.52. The highest BCUT2D eigenvalue weighted by Crippen LogP contribution is 2.22.